The highest BCUT2D eigenvalue weighted by Crippen LogP contribution is 2.36. The van der Waals surface area contributed by atoms with Gasteiger partial charge in [-0.15, -0.1) is 0 Å². The maximum Gasteiger partial charge on any atom is 0.334 e. The highest BCUT2D eigenvalue weighted by molar-refractivity contribution is 6.32. The van der Waals surface area contributed by atoms with Gasteiger partial charge in [-0.25, -0.2) is 4.98 Å². The Kier molecular flexibility index (Phi) is 3.33. The van der Waals surface area contributed by atoms with E-state index < -0.39 is 4.92 Å². The zero-order valence-electron chi connectivity index (χ0n) is 10.5. The number of hydrogen-bond donors (Lipinski definition) is 0. The summed E-state index contributed by atoms with van der Waals surface area (Å²) in [6, 6.07) is 8.82. The molecule has 0 aliphatic heterocycles. The molecule has 0 atom stereocenters. The second kappa shape index (κ2) is 5.29. The standard InChI is InChI=1S/C13H8ClN5O2/c14-13-12(19(20)21)11(9-4-2-1-3-5-9)17-18(13)10-8-15-6-7-16-10/h1-8H. The molecule has 3 rings (SSSR count). The minimum atomic E-state index is -0.551. The molecular formula is C13H8ClN5O2. The summed E-state index contributed by atoms with van der Waals surface area (Å²) in [5, 5.41) is 15.4. The van der Waals surface area contributed by atoms with E-state index in [1.165, 1.54) is 23.3 Å². The Labute approximate surface area is 124 Å². The quantitative estimate of drug-likeness (QED) is 0.548. The second-order valence-corrected chi connectivity index (χ2v) is 4.44. The molecule has 21 heavy (non-hydrogen) atoms. The third-order valence-electron chi connectivity index (χ3n) is 2.80. The fraction of sp³-hybridized carbons (Fsp3) is 0. The van der Waals surface area contributed by atoms with E-state index >= 15 is 0 Å². The predicted molar refractivity (Wildman–Crippen MR) is 76.3 cm³/mol. The van der Waals surface area contributed by atoms with Gasteiger partial charge in [0.25, 0.3) is 0 Å². The fourth-order valence-electron chi connectivity index (χ4n) is 1.89. The van der Waals surface area contributed by atoms with Crippen LogP contribution >= 0.6 is 11.6 Å². The molecule has 0 saturated heterocycles. The number of halogens is 1. The lowest BCUT2D eigenvalue weighted by atomic mass is 10.1. The minimum absolute atomic E-state index is 0.112. The zero-order valence-corrected chi connectivity index (χ0v) is 11.3. The molecule has 0 unspecified atom stereocenters. The SMILES string of the molecule is O=[N+]([O-])c1c(-c2ccccc2)nn(-c2cnccn2)c1Cl. The van der Waals surface area contributed by atoms with Crippen LogP contribution in [0.25, 0.3) is 17.1 Å². The van der Waals surface area contributed by atoms with Gasteiger partial charge in [-0.3, -0.25) is 15.1 Å². The third-order valence-corrected chi connectivity index (χ3v) is 3.14. The first-order valence-electron chi connectivity index (χ1n) is 5.93. The van der Waals surface area contributed by atoms with Crippen molar-refractivity contribution in [3.63, 3.8) is 0 Å². The van der Waals surface area contributed by atoms with Gasteiger partial charge in [0.2, 0.25) is 5.15 Å². The molecule has 0 bridgehead atoms. The van der Waals surface area contributed by atoms with E-state index in [-0.39, 0.29) is 16.5 Å². The molecule has 0 amide bonds. The topological polar surface area (TPSA) is 86.7 Å². The molecule has 2 heterocycles. The molecule has 8 heteroatoms. The first-order valence-corrected chi connectivity index (χ1v) is 6.31. The average Bonchev–Trinajstić information content (AvgIpc) is 2.87. The number of rotatable bonds is 3. The van der Waals surface area contributed by atoms with Crippen LogP contribution in [0.3, 0.4) is 0 Å². The lowest BCUT2D eigenvalue weighted by Gasteiger charge is -1.98. The predicted octanol–water partition coefficient (Wildman–Crippen LogP) is 2.89. The van der Waals surface area contributed by atoms with Crippen LogP contribution in [-0.2, 0) is 0 Å². The van der Waals surface area contributed by atoms with Crippen LogP contribution in [0.1, 0.15) is 0 Å². The molecule has 3 aromatic rings. The van der Waals surface area contributed by atoms with Crippen molar-refractivity contribution in [2.45, 2.75) is 0 Å². The third kappa shape index (κ3) is 2.34. The van der Waals surface area contributed by atoms with Crippen molar-refractivity contribution in [2.75, 3.05) is 0 Å². The van der Waals surface area contributed by atoms with Gasteiger partial charge < -0.3 is 0 Å². The summed E-state index contributed by atoms with van der Waals surface area (Å²) in [5.74, 6) is 0.313. The summed E-state index contributed by atoms with van der Waals surface area (Å²) < 4.78 is 1.20. The van der Waals surface area contributed by atoms with Crippen LogP contribution in [0, 0.1) is 10.1 Å². The minimum Gasteiger partial charge on any atom is -0.259 e. The van der Waals surface area contributed by atoms with Crippen LogP contribution in [0.4, 0.5) is 5.69 Å². The van der Waals surface area contributed by atoms with E-state index in [9.17, 15) is 10.1 Å². The Balaban J connectivity index is 2.24. The molecular weight excluding hydrogens is 294 g/mol. The molecule has 0 saturated carbocycles. The second-order valence-electron chi connectivity index (χ2n) is 4.09. The smallest absolute Gasteiger partial charge is 0.259 e. The number of nitro groups is 1. The summed E-state index contributed by atoms with van der Waals surface area (Å²) in [4.78, 5) is 18.7. The van der Waals surface area contributed by atoms with Crippen LogP contribution in [-0.4, -0.2) is 24.7 Å². The molecule has 0 radical (unpaired) electrons. The monoisotopic (exact) mass is 301 g/mol. The van der Waals surface area contributed by atoms with Crippen LogP contribution in [0.5, 0.6) is 0 Å². The fourth-order valence-corrected chi connectivity index (χ4v) is 2.18. The highest BCUT2D eigenvalue weighted by atomic mass is 35.5. The van der Waals surface area contributed by atoms with Crippen molar-refractivity contribution in [1.29, 1.82) is 0 Å². The Morgan fingerprint density at radius 1 is 1.19 bits per heavy atom. The van der Waals surface area contributed by atoms with Crippen molar-refractivity contribution in [3.8, 4) is 17.1 Å². The summed E-state index contributed by atoms with van der Waals surface area (Å²) in [5.41, 5.74) is 0.540. The Bertz CT molecular complexity index is 789. The highest BCUT2D eigenvalue weighted by Gasteiger charge is 2.28. The number of nitrogens with zero attached hydrogens (tertiary/aromatic N) is 5. The van der Waals surface area contributed by atoms with Gasteiger partial charge in [-0.05, 0) is 0 Å². The Morgan fingerprint density at radius 3 is 2.57 bits per heavy atom. The molecule has 0 fully saturated rings. The first-order chi connectivity index (χ1) is 10.2. The molecule has 104 valence electrons. The summed E-state index contributed by atoms with van der Waals surface area (Å²) in [7, 11) is 0. The maximum absolute atomic E-state index is 11.3. The van der Waals surface area contributed by atoms with E-state index in [0.717, 1.165) is 0 Å². The number of hydrogen-bond acceptors (Lipinski definition) is 5. The van der Waals surface area contributed by atoms with Gasteiger partial charge in [0.1, 0.15) is 0 Å². The lowest BCUT2D eigenvalue weighted by molar-refractivity contribution is -0.384. The molecule has 0 aliphatic carbocycles. The van der Waals surface area contributed by atoms with Crippen molar-refractivity contribution >= 4 is 17.3 Å². The first kappa shape index (κ1) is 13.2. The zero-order chi connectivity index (χ0) is 14.8. The molecule has 0 N–H and O–H groups in total. The van der Waals surface area contributed by atoms with Crippen LogP contribution in [0.15, 0.2) is 48.9 Å². The molecule has 1 aromatic carbocycles. The van der Waals surface area contributed by atoms with Gasteiger partial charge in [0.05, 0.1) is 11.1 Å². The van der Waals surface area contributed by atoms with Gasteiger partial charge in [-0.2, -0.15) is 9.78 Å². The summed E-state index contributed by atoms with van der Waals surface area (Å²) in [6.45, 7) is 0. The Morgan fingerprint density at radius 2 is 1.95 bits per heavy atom. The van der Waals surface area contributed by atoms with Crippen molar-refractivity contribution in [1.82, 2.24) is 19.7 Å². The molecule has 2 aromatic heterocycles. The number of aromatic nitrogens is 4. The van der Waals surface area contributed by atoms with E-state index in [2.05, 4.69) is 15.1 Å². The maximum atomic E-state index is 11.3. The largest absolute Gasteiger partial charge is 0.334 e. The lowest BCUT2D eigenvalue weighted by Crippen LogP contribution is -2.00. The van der Waals surface area contributed by atoms with Gasteiger partial charge in [0, 0.05) is 18.0 Å². The number of benzene rings is 1. The van der Waals surface area contributed by atoms with E-state index in [0.29, 0.717) is 11.4 Å². The van der Waals surface area contributed by atoms with Crippen LogP contribution < -0.4 is 0 Å². The summed E-state index contributed by atoms with van der Waals surface area (Å²) >= 11 is 6.10. The van der Waals surface area contributed by atoms with Crippen LogP contribution in [0.2, 0.25) is 5.15 Å². The molecule has 7 nitrogen and oxygen atoms in total. The van der Waals surface area contributed by atoms with E-state index in [4.69, 9.17) is 11.6 Å². The van der Waals surface area contributed by atoms with Gasteiger partial charge in [0.15, 0.2) is 11.5 Å². The van der Waals surface area contributed by atoms with Crippen molar-refractivity contribution < 1.29 is 4.92 Å². The van der Waals surface area contributed by atoms with Crippen molar-refractivity contribution in [2.24, 2.45) is 0 Å². The van der Waals surface area contributed by atoms with Gasteiger partial charge >= 0.3 is 5.69 Å². The van der Waals surface area contributed by atoms with Crippen molar-refractivity contribution in [3.05, 3.63) is 64.2 Å². The molecule has 0 aliphatic rings. The van der Waals surface area contributed by atoms with Gasteiger partial charge in [-0.1, -0.05) is 41.9 Å². The summed E-state index contributed by atoms with van der Waals surface area (Å²) in [6.07, 6.45) is 4.38. The molecule has 0 spiro atoms. The van der Waals surface area contributed by atoms with E-state index in [1.807, 2.05) is 6.07 Å². The Hall–Kier alpha value is -2.80. The van der Waals surface area contributed by atoms with E-state index in [1.54, 1.807) is 24.3 Å². The average molecular weight is 302 g/mol. The normalized spacial score (nSPS) is 10.5.